The van der Waals surface area contributed by atoms with Crippen LogP contribution in [0.15, 0.2) is 60.7 Å². The van der Waals surface area contributed by atoms with Crippen LogP contribution in [0.4, 0.5) is 8.78 Å². The maximum atomic E-state index is 13.8. The zero-order valence-electron chi connectivity index (χ0n) is 17.3. The molecule has 3 aromatic rings. The monoisotopic (exact) mass is 460 g/mol. The molecule has 0 spiro atoms. The number of hydrogen-bond donors (Lipinski definition) is 0. The average molecular weight is 461 g/mol. The van der Waals surface area contributed by atoms with E-state index in [-0.39, 0.29) is 17.8 Å². The highest BCUT2D eigenvalue weighted by atomic mass is 35.5. The summed E-state index contributed by atoms with van der Waals surface area (Å²) in [7, 11) is 0. The third-order valence-corrected chi connectivity index (χ3v) is 6.53. The van der Waals surface area contributed by atoms with Crippen molar-refractivity contribution < 1.29 is 8.78 Å². The van der Waals surface area contributed by atoms with Crippen molar-refractivity contribution in [1.82, 2.24) is 9.80 Å². The molecule has 1 fully saturated rings. The SMILES string of the molecule is Cc1ccccc1CN1CCCN(Cc2ccc(F)cc2Cl)[C@H]1c1ccc(F)cc1Cl. The van der Waals surface area contributed by atoms with E-state index in [1.54, 1.807) is 12.1 Å². The van der Waals surface area contributed by atoms with Gasteiger partial charge in [0.05, 0.1) is 6.17 Å². The van der Waals surface area contributed by atoms with Gasteiger partial charge in [-0.25, -0.2) is 8.78 Å². The molecule has 1 aliphatic rings. The molecule has 0 amide bonds. The van der Waals surface area contributed by atoms with Crippen molar-refractivity contribution >= 4 is 23.2 Å². The van der Waals surface area contributed by atoms with Crippen molar-refractivity contribution in [1.29, 1.82) is 0 Å². The summed E-state index contributed by atoms with van der Waals surface area (Å²) in [6.45, 7) is 5.12. The molecule has 0 radical (unpaired) electrons. The second kappa shape index (κ2) is 9.66. The van der Waals surface area contributed by atoms with E-state index >= 15 is 0 Å². The van der Waals surface area contributed by atoms with E-state index in [0.717, 1.165) is 37.2 Å². The van der Waals surface area contributed by atoms with Gasteiger partial charge >= 0.3 is 0 Å². The van der Waals surface area contributed by atoms with E-state index in [9.17, 15) is 8.78 Å². The van der Waals surface area contributed by atoms with Crippen LogP contribution in [0.3, 0.4) is 0 Å². The lowest BCUT2D eigenvalue weighted by molar-refractivity contribution is -0.00915. The molecule has 4 rings (SSSR count). The number of nitrogens with zero attached hydrogens (tertiary/aromatic N) is 2. The lowest BCUT2D eigenvalue weighted by atomic mass is 10.0. The minimum Gasteiger partial charge on any atom is -0.280 e. The Morgan fingerprint density at radius 2 is 1.42 bits per heavy atom. The van der Waals surface area contributed by atoms with Gasteiger partial charge in [0, 0.05) is 41.8 Å². The third kappa shape index (κ3) is 5.09. The Hall–Kier alpha value is -1.98. The molecule has 6 heteroatoms. The Morgan fingerprint density at radius 3 is 2.06 bits per heavy atom. The van der Waals surface area contributed by atoms with Gasteiger partial charge in [0.1, 0.15) is 11.6 Å². The van der Waals surface area contributed by atoms with Crippen molar-refractivity contribution in [3.05, 3.63) is 105 Å². The standard InChI is InChI=1S/C25H24Cl2F2N2/c1-17-5-2-3-6-18(17)15-30-11-4-12-31(16-19-7-8-20(28)13-23(19)26)25(30)22-10-9-21(29)14-24(22)27/h2-3,5-10,13-14,25H,4,11-12,15-16H2,1H3/t25-/m0/s1. The Labute approximate surface area is 192 Å². The van der Waals surface area contributed by atoms with Gasteiger partial charge in [-0.1, -0.05) is 59.6 Å². The molecule has 1 atom stereocenters. The molecule has 0 aromatic heterocycles. The summed E-state index contributed by atoms with van der Waals surface area (Å²) in [6.07, 6.45) is 0.822. The number of hydrogen-bond acceptors (Lipinski definition) is 2. The largest absolute Gasteiger partial charge is 0.280 e. The Morgan fingerprint density at radius 1 is 0.806 bits per heavy atom. The molecule has 0 N–H and O–H groups in total. The van der Waals surface area contributed by atoms with Gasteiger partial charge in [0.2, 0.25) is 0 Å². The number of rotatable bonds is 5. The summed E-state index contributed by atoms with van der Waals surface area (Å²) < 4.78 is 27.3. The summed E-state index contributed by atoms with van der Waals surface area (Å²) >= 11 is 12.8. The van der Waals surface area contributed by atoms with Gasteiger partial charge in [0.15, 0.2) is 0 Å². The van der Waals surface area contributed by atoms with Crippen LogP contribution in [0.1, 0.15) is 34.8 Å². The topological polar surface area (TPSA) is 6.48 Å². The zero-order chi connectivity index (χ0) is 22.0. The van der Waals surface area contributed by atoms with Crippen LogP contribution in [-0.4, -0.2) is 22.9 Å². The fourth-order valence-corrected chi connectivity index (χ4v) is 4.75. The van der Waals surface area contributed by atoms with Crippen molar-refractivity contribution in [3.63, 3.8) is 0 Å². The average Bonchev–Trinajstić information content (AvgIpc) is 2.73. The van der Waals surface area contributed by atoms with Gasteiger partial charge in [-0.05, 0) is 54.3 Å². The molecule has 2 nitrogen and oxygen atoms in total. The maximum Gasteiger partial charge on any atom is 0.124 e. The molecule has 0 unspecified atom stereocenters. The predicted octanol–water partition coefficient (Wildman–Crippen LogP) is 6.99. The number of benzene rings is 3. The fraction of sp³-hybridized carbons (Fsp3) is 0.280. The van der Waals surface area contributed by atoms with Crippen LogP contribution in [-0.2, 0) is 13.1 Å². The van der Waals surface area contributed by atoms with Crippen LogP contribution in [0.2, 0.25) is 10.0 Å². The van der Waals surface area contributed by atoms with E-state index < -0.39 is 0 Å². The lowest BCUT2D eigenvalue weighted by Gasteiger charge is -2.45. The first-order valence-corrected chi connectivity index (χ1v) is 11.1. The van der Waals surface area contributed by atoms with Crippen molar-refractivity contribution in [3.8, 4) is 0 Å². The molecule has 0 bridgehead atoms. The molecular weight excluding hydrogens is 437 g/mol. The van der Waals surface area contributed by atoms with Crippen LogP contribution in [0.25, 0.3) is 0 Å². The highest BCUT2D eigenvalue weighted by Gasteiger charge is 2.32. The summed E-state index contributed by atoms with van der Waals surface area (Å²) in [6, 6.07) is 17.4. The predicted molar refractivity (Wildman–Crippen MR) is 122 cm³/mol. The number of aryl methyl sites for hydroxylation is 1. The summed E-state index contributed by atoms with van der Waals surface area (Å²) in [5.74, 6) is -0.713. The van der Waals surface area contributed by atoms with E-state index in [1.807, 2.05) is 12.1 Å². The quantitative estimate of drug-likeness (QED) is 0.404. The van der Waals surface area contributed by atoms with Crippen molar-refractivity contribution in [2.75, 3.05) is 13.1 Å². The van der Waals surface area contributed by atoms with Gasteiger partial charge < -0.3 is 0 Å². The molecule has 31 heavy (non-hydrogen) atoms. The van der Waals surface area contributed by atoms with E-state index in [2.05, 4.69) is 28.9 Å². The Balaban J connectivity index is 1.71. The molecule has 3 aromatic carbocycles. The van der Waals surface area contributed by atoms with Crippen molar-refractivity contribution in [2.45, 2.75) is 32.6 Å². The maximum absolute atomic E-state index is 13.8. The molecule has 162 valence electrons. The second-order valence-electron chi connectivity index (χ2n) is 8.00. The highest BCUT2D eigenvalue weighted by molar-refractivity contribution is 6.31. The third-order valence-electron chi connectivity index (χ3n) is 5.85. The fourth-order valence-electron chi connectivity index (χ4n) is 4.26. The molecule has 1 aliphatic heterocycles. The molecular formula is C25H24Cl2F2N2. The molecule has 1 heterocycles. The summed E-state index contributed by atoms with van der Waals surface area (Å²) in [4.78, 5) is 4.64. The van der Waals surface area contributed by atoms with E-state index in [0.29, 0.717) is 16.6 Å². The molecule has 1 saturated heterocycles. The summed E-state index contributed by atoms with van der Waals surface area (Å²) in [5, 5.41) is 0.803. The first-order valence-electron chi connectivity index (χ1n) is 10.3. The van der Waals surface area contributed by atoms with Gasteiger partial charge in [-0.15, -0.1) is 0 Å². The first-order chi connectivity index (χ1) is 14.9. The number of halogens is 4. The van der Waals surface area contributed by atoms with E-state index in [1.165, 1.54) is 35.4 Å². The van der Waals surface area contributed by atoms with E-state index in [4.69, 9.17) is 23.2 Å². The second-order valence-corrected chi connectivity index (χ2v) is 8.81. The Bertz CT molecular complexity index is 1070. The highest BCUT2D eigenvalue weighted by Crippen LogP contribution is 2.37. The Kier molecular flexibility index (Phi) is 6.92. The van der Waals surface area contributed by atoms with Gasteiger partial charge in [-0.2, -0.15) is 0 Å². The van der Waals surface area contributed by atoms with Crippen LogP contribution in [0.5, 0.6) is 0 Å². The normalized spacial score (nSPS) is 17.8. The molecule has 0 saturated carbocycles. The lowest BCUT2D eigenvalue weighted by Crippen LogP contribution is -2.47. The minimum atomic E-state index is -0.358. The smallest absolute Gasteiger partial charge is 0.124 e. The van der Waals surface area contributed by atoms with Gasteiger partial charge in [-0.3, -0.25) is 9.80 Å². The van der Waals surface area contributed by atoms with Crippen molar-refractivity contribution in [2.24, 2.45) is 0 Å². The zero-order valence-corrected chi connectivity index (χ0v) is 18.8. The van der Waals surface area contributed by atoms with Crippen LogP contribution >= 0.6 is 23.2 Å². The van der Waals surface area contributed by atoms with Crippen LogP contribution < -0.4 is 0 Å². The summed E-state index contributed by atoms with van der Waals surface area (Å²) in [5.41, 5.74) is 4.18. The molecule has 0 aliphatic carbocycles. The minimum absolute atomic E-state index is 0.150. The van der Waals surface area contributed by atoms with Gasteiger partial charge in [0.25, 0.3) is 0 Å². The van der Waals surface area contributed by atoms with Crippen LogP contribution in [0, 0.1) is 18.6 Å². The first kappa shape index (κ1) is 22.2.